The van der Waals surface area contributed by atoms with E-state index in [-0.39, 0.29) is 12.5 Å². The second-order valence-electron chi connectivity index (χ2n) is 4.47. The Morgan fingerprint density at radius 1 is 1.55 bits per heavy atom. The highest BCUT2D eigenvalue weighted by Crippen LogP contribution is 2.14. The van der Waals surface area contributed by atoms with E-state index in [4.69, 9.17) is 4.42 Å². The Bertz CT molecular complexity index is 641. The molecule has 108 valence electrons. The first-order valence-corrected chi connectivity index (χ1v) is 7.34. The Kier molecular flexibility index (Phi) is 4.73. The van der Waals surface area contributed by atoms with Crippen LogP contribution >= 0.6 is 11.3 Å². The Morgan fingerprint density at radius 3 is 3.00 bits per heavy atom. The van der Waals surface area contributed by atoms with E-state index in [1.54, 1.807) is 11.3 Å². The molecule has 1 amide bonds. The second-order valence-corrected chi connectivity index (χ2v) is 5.47. The summed E-state index contributed by atoms with van der Waals surface area (Å²) in [5.41, 5.74) is 1.15. The van der Waals surface area contributed by atoms with Crippen molar-refractivity contribution in [3.8, 4) is 0 Å². The maximum absolute atomic E-state index is 11.8. The summed E-state index contributed by atoms with van der Waals surface area (Å²) >= 11 is 1.59. The highest BCUT2D eigenvalue weighted by Gasteiger charge is 2.11. The number of hydrogen-bond acceptors (Lipinski definition) is 5. The fourth-order valence-corrected chi connectivity index (χ4v) is 2.57. The van der Waals surface area contributed by atoms with E-state index in [2.05, 4.69) is 10.4 Å². The van der Waals surface area contributed by atoms with E-state index in [1.165, 1.54) is 0 Å². The van der Waals surface area contributed by atoms with Gasteiger partial charge in [-0.2, -0.15) is 4.68 Å². The smallest absolute Gasteiger partial charge is 0.392 e. The number of hydrogen-bond donors (Lipinski definition) is 1. The molecule has 0 aliphatic rings. The van der Waals surface area contributed by atoms with Crippen molar-refractivity contribution in [1.82, 2.24) is 15.1 Å². The van der Waals surface area contributed by atoms with Crippen molar-refractivity contribution < 1.29 is 9.21 Å². The van der Waals surface area contributed by atoms with Gasteiger partial charge in [0.05, 0.1) is 6.54 Å². The number of nitrogens with zero attached hydrogens (tertiary/aromatic N) is 2. The van der Waals surface area contributed by atoms with Crippen LogP contribution in [0.5, 0.6) is 0 Å². The van der Waals surface area contributed by atoms with Gasteiger partial charge in [0.15, 0.2) is 0 Å². The molecular formula is C13H17N3O3S. The summed E-state index contributed by atoms with van der Waals surface area (Å²) in [4.78, 5) is 24.4. The lowest BCUT2D eigenvalue weighted by Gasteiger charge is -2.03. The number of carbonyl (C=O) groups is 1. The number of thiophene rings is 1. The molecule has 0 fully saturated rings. The standard InChI is InChI=1S/C13H17N3O3S/c1-3-4-12-15-16(13(18)19-12)8-11(17)14-7-10-9(2)5-6-20-10/h5-6H,3-4,7-8H2,1-2H3,(H,14,17). The third-order valence-corrected chi connectivity index (χ3v) is 3.84. The van der Waals surface area contributed by atoms with Gasteiger partial charge in [-0.05, 0) is 30.4 Å². The molecule has 0 radical (unpaired) electrons. The first-order chi connectivity index (χ1) is 9.60. The predicted octanol–water partition coefficient (Wildman–Crippen LogP) is 1.48. The molecule has 6 nitrogen and oxygen atoms in total. The molecule has 2 heterocycles. The number of rotatable bonds is 6. The Labute approximate surface area is 120 Å². The third kappa shape index (κ3) is 3.57. The quantitative estimate of drug-likeness (QED) is 0.875. The molecule has 0 spiro atoms. The summed E-state index contributed by atoms with van der Waals surface area (Å²) in [5, 5.41) is 8.74. The average Bonchev–Trinajstić information content (AvgIpc) is 2.95. The zero-order chi connectivity index (χ0) is 14.5. The molecule has 0 aliphatic heterocycles. The molecule has 2 aromatic heterocycles. The van der Waals surface area contributed by atoms with Crippen LogP contribution in [0.4, 0.5) is 0 Å². The van der Waals surface area contributed by atoms with Gasteiger partial charge in [-0.3, -0.25) is 4.79 Å². The molecular weight excluding hydrogens is 278 g/mol. The first kappa shape index (κ1) is 14.5. The lowest BCUT2D eigenvalue weighted by atomic mass is 10.3. The first-order valence-electron chi connectivity index (χ1n) is 6.46. The third-order valence-electron chi connectivity index (χ3n) is 2.82. The number of amides is 1. The fourth-order valence-electron chi connectivity index (χ4n) is 1.72. The molecule has 7 heteroatoms. The minimum Gasteiger partial charge on any atom is -0.392 e. The van der Waals surface area contributed by atoms with Gasteiger partial charge in [-0.1, -0.05) is 6.92 Å². The molecule has 0 aromatic carbocycles. The van der Waals surface area contributed by atoms with Crippen LogP contribution in [0, 0.1) is 6.92 Å². The van der Waals surface area contributed by atoms with Gasteiger partial charge in [0.1, 0.15) is 6.54 Å². The summed E-state index contributed by atoms with van der Waals surface area (Å²) in [6.07, 6.45) is 1.43. The molecule has 2 aromatic rings. The number of nitrogens with one attached hydrogen (secondary N) is 1. The molecule has 1 N–H and O–H groups in total. The van der Waals surface area contributed by atoms with Crippen molar-refractivity contribution in [3.05, 3.63) is 38.3 Å². The molecule has 2 rings (SSSR count). The van der Waals surface area contributed by atoms with Crippen LogP contribution in [-0.4, -0.2) is 15.7 Å². The summed E-state index contributed by atoms with van der Waals surface area (Å²) in [6.45, 7) is 4.32. The SMILES string of the molecule is CCCc1nn(CC(=O)NCc2sccc2C)c(=O)o1. The number of aromatic nitrogens is 2. The minimum absolute atomic E-state index is 0.115. The zero-order valence-electron chi connectivity index (χ0n) is 11.5. The Hall–Kier alpha value is -1.89. The van der Waals surface area contributed by atoms with E-state index < -0.39 is 5.76 Å². The lowest BCUT2D eigenvalue weighted by Crippen LogP contribution is -2.31. The summed E-state index contributed by atoms with van der Waals surface area (Å²) in [5.74, 6) is -0.466. The van der Waals surface area contributed by atoms with E-state index in [9.17, 15) is 9.59 Å². The maximum atomic E-state index is 11.8. The van der Waals surface area contributed by atoms with Crippen molar-refractivity contribution in [2.75, 3.05) is 0 Å². The van der Waals surface area contributed by atoms with E-state index in [1.807, 2.05) is 25.3 Å². The molecule has 20 heavy (non-hydrogen) atoms. The number of aryl methyl sites for hydroxylation is 2. The topological polar surface area (TPSA) is 77.1 Å². The maximum Gasteiger partial charge on any atom is 0.437 e. The summed E-state index contributed by atoms with van der Waals surface area (Å²) in [7, 11) is 0. The van der Waals surface area contributed by atoms with Crippen LogP contribution in [0.2, 0.25) is 0 Å². The molecule has 0 bridgehead atoms. The number of carbonyl (C=O) groups excluding carboxylic acids is 1. The van der Waals surface area contributed by atoms with Crippen LogP contribution in [0.15, 0.2) is 20.7 Å². The zero-order valence-corrected chi connectivity index (χ0v) is 12.3. The van der Waals surface area contributed by atoms with Crippen molar-refractivity contribution in [1.29, 1.82) is 0 Å². The lowest BCUT2D eigenvalue weighted by molar-refractivity contribution is -0.122. The Morgan fingerprint density at radius 2 is 2.35 bits per heavy atom. The molecule has 0 saturated heterocycles. The average molecular weight is 295 g/mol. The van der Waals surface area contributed by atoms with Gasteiger partial charge in [0.2, 0.25) is 11.8 Å². The molecule has 0 aliphatic carbocycles. The van der Waals surface area contributed by atoms with Gasteiger partial charge in [0.25, 0.3) is 0 Å². The van der Waals surface area contributed by atoms with Crippen molar-refractivity contribution in [2.24, 2.45) is 0 Å². The monoisotopic (exact) mass is 295 g/mol. The van der Waals surface area contributed by atoms with E-state index >= 15 is 0 Å². The van der Waals surface area contributed by atoms with Crippen LogP contribution < -0.4 is 11.1 Å². The molecule has 0 unspecified atom stereocenters. The molecule has 0 atom stereocenters. The largest absolute Gasteiger partial charge is 0.437 e. The van der Waals surface area contributed by atoms with Gasteiger partial charge >= 0.3 is 5.76 Å². The van der Waals surface area contributed by atoms with Crippen LogP contribution in [0.3, 0.4) is 0 Å². The van der Waals surface area contributed by atoms with Gasteiger partial charge in [-0.25, -0.2) is 4.79 Å². The highest BCUT2D eigenvalue weighted by atomic mass is 32.1. The summed E-state index contributed by atoms with van der Waals surface area (Å²) in [6, 6.07) is 2.01. The predicted molar refractivity (Wildman–Crippen MR) is 75.7 cm³/mol. The van der Waals surface area contributed by atoms with Crippen molar-refractivity contribution in [2.45, 2.75) is 39.8 Å². The fraction of sp³-hybridized carbons (Fsp3) is 0.462. The molecule has 0 saturated carbocycles. The minimum atomic E-state index is -0.587. The second kappa shape index (κ2) is 6.51. The van der Waals surface area contributed by atoms with E-state index in [0.29, 0.717) is 18.9 Å². The van der Waals surface area contributed by atoms with Crippen LogP contribution in [-0.2, 0) is 24.3 Å². The Balaban J connectivity index is 1.91. The van der Waals surface area contributed by atoms with Crippen LogP contribution in [0.1, 0.15) is 29.7 Å². The van der Waals surface area contributed by atoms with Crippen molar-refractivity contribution in [3.63, 3.8) is 0 Å². The highest BCUT2D eigenvalue weighted by molar-refractivity contribution is 7.10. The summed E-state index contributed by atoms with van der Waals surface area (Å²) < 4.78 is 6.00. The normalized spacial score (nSPS) is 10.7. The van der Waals surface area contributed by atoms with Crippen LogP contribution in [0.25, 0.3) is 0 Å². The van der Waals surface area contributed by atoms with E-state index in [0.717, 1.165) is 21.5 Å². The van der Waals surface area contributed by atoms with Gasteiger partial charge < -0.3 is 9.73 Å². The van der Waals surface area contributed by atoms with Crippen molar-refractivity contribution >= 4 is 17.2 Å². The van der Waals surface area contributed by atoms with Gasteiger partial charge in [-0.15, -0.1) is 16.4 Å². The van der Waals surface area contributed by atoms with Gasteiger partial charge in [0, 0.05) is 11.3 Å².